The largest absolute Gasteiger partial charge is 0.381 e. The number of carbonyl (C=O) groups is 2. The van der Waals surface area contributed by atoms with E-state index in [2.05, 4.69) is 29.1 Å². The molecular weight excluding hydrogens is 438 g/mol. The smallest absolute Gasteiger partial charge is 0.271 e. The normalized spacial score (nSPS) is 20.5. The summed E-state index contributed by atoms with van der Waals surface area (Å²) in [5.74, 6) is -3.10. The van der Waals surface area contributed by atoms with Gasteiger partial charge in [-0.05, 0) is 38.0 Å². The van der Waals surface area contributed by atoms with E-state index in [9.17, 15) is 18.4 Å². The maximum Gasteiger partial charge on any atom is 0.271 e. The van der Waals surface area contributed by atoms with Gasteiger partial charge in [-0.25, -0.2) is 4.98 Å². The van der Waals surface area contributed by atoms with E-state index in [1.807, 2.05) is 0 Å². The number of nitrogens with zero attached hydrogens (tertiary/aromatic N) is 3. The highest BCUT2D eigenvalue weighted by Gasteiger charge is 2.40. The average Bonchev–Trinajstić information content (AvgIpc) is 3.12. The molecule has 7 nitrogen and oxygen atoms in total. The van der Waals surface area contributed by atoms with Gasteiger partial charge in [0.05, 0.1) is 5.69 Å². The Kier molecular flexibility index (Phi) is 6.26. The Balaban J connectivity index is 1.67. The summed E-state index contributed by atoms with van der Waals surface area (Å²) < 4.78 is 33.1. The van der Waals surface area contributed by atoms with Crippen molar-refractivity contribution in [1.82, 2.24) is 15.3 Å². The molecule has 0 aromatic carbocycles. The van der Waals surface area contributed by atoms with Gasteiger partial charge >= 0.3 is 0 Å². The topological polar surface area (TPSA) is 84.4 Å². The molecular formula is C22H26F2N4O3S. The molecule has 1 saturated carbocycles. The lowest BCUT2D eigenvalue weighted by molar-refractivity contribution is -0.124. The van der Waals surface area contributed by atoms with Crippen LogP contribution in [0.4, 0.5) is 19.6 Å². The summed E-state index contributed by atoms with van der Waals surface area (Å²) in [4.78, 5) is 35.7. The molecule has 0 radical (unpaired) electrons. The molecule has 2 fully saturated rings. The van der Waals surface area contributed by atoms with Crippen LogP contribution in [0.3, 0.4) is 0 Å². The van der Waals surface area contributed by atoms with E-state index in [1.54, 1.807) is 6.92 Å². The third-order valence-electron chi connectivity index (χ3n) is 6.31. The molecule has 2 aromatic rings. The molecule has 1 aliphatic carbocycles. The van der Waals surface area contributed by atoms with Crippen LogP contribution in [0.5, 0.6) is 0 Å². The molecule has 1 unspecified atom stereocenters. The van der Waals surface area contributed by atoms with E-state index < -0.39 is 11.9 Å². The first-order valence-corrected chi connectivity index (χ1v) is 11.5. The van der Waals surface area contributed by atoms with Crippen LogP contribution in [0.25, 0.3) is 0 Å². The third-order valence-corrected chi connectivity index (χ3v) is 7.27. The number of amides is 2. The van der Waals surface area contributed by atoms with Crippen LogP contribution in [0.2, 0.25) is 0 Å². The molecule has 1 saturated heterocycles. The van der Waals surface area contributed by atoms with Crippen molar-refractivity contribution in [3.05, 3.63) is 34.6 Å². The highest BCUT2D eigenvalue weighted by molar-refractivity contribution is 7.16. The standard InChI is InChI=1S/C22H26F2N4O3S/c1-12-18(19(29)25-15-4-7-22(15,2)3)27-21(32-12)28(14-10-16(23)26-17(24)11-14)20(30)13-5-8-31-9-6-13/h10-11,13,15H,4-9H2,1-3H3,(H,25,29). The summed E-state index contributed by atoms with van der Waals surface area (Å²) in [6.07, 6.45) is 2.93. The Morgan fingerprint density at radius 1 is 1.16 bits per heavy atom. The Bertz CT molecular complexity index is 1020. The lowest BCUT2D eigenvalue weighted by Crippen LogP contribution is -2.52. The van der Waals surface area contributed by atoms with Crippen molar-refractivity contribution in [2.24, 2.45) is 11.3 Å². The van der Waals surface area contributed by atoms with Crippen molar-refractivity contribution < 1.29 is 23.1 Å². The number of aromatic nitrogens is 2. The number of hydrogen-bond acceptors (Lipinski definition) is 6. The Labute approximate surface area is 189 Å². The Hall–Kier alpha value is -2.46. The molecule has 10 heteroatoms. The lowest BCUT2D eigenvalue weighted by atomic mass is 9.67. The van der Waals surface area contributed by atoms with Gasteiger partial charge in [-0.3, -0.25) is 14.5 Å². The summed E-state index contributed by atoms with van der Waals surface area (Å²) >= 11 is 1.14. The van der Waals surface area contributed by atoms with Crippen LogP contribution in [0, 0.1) is 30.2 Å². The van der Waals surface area contributed by atoms with Gasteiger partial charge in [0.25, 0.3) is 5.91 Å². The van der Waals surface area contributed by atoms with Gasteiger partial charge in [0.15, 0.2) is 5.13 Å². The van der Waals surface area contributed by atoms with E-state index >= 15 is 0 Å². The molecule has 2 aliphatic rings. The van der Waals surface area contributed by atoms with Gasteiger partial charge in [-0.1, -0.05) is 13.8 Å². The predicted molar refractivity (Wildman–Crippen MR) is 116 cm³/mol. The van der Waals surface area contributed by atoms with E-state index in [-0.39, 0.29) is 45.7 Å². The van der Waals surface area contributed by atoms with Crippen molar-refractivity contribution in [2.75, 3.05) is 18.1 Å². The highest BCUT2D eigenvalue weighted by Crippen LogP contribution is 2.40. The van der Waals surface area contributed by atoms with Crippen molar-refractivity contribution in [1.29, 1.82) is 0 Å². The van der Waals surface area contributed by atoms with E-state index in [0.717, 1.165) is 36.3 Å². The molecule has 0 spiro atoms. The minimum Gasteiger partial charge on any atom is -0.381 e. The number of pyridine rings is 1. The number of nitrogens with one attached hydrogen (secondary N) is 1. The zero-order valence-electron chi connectivity index (χ0n) is 18.3. The van der Waals surface area contributed by atoms with Crippen LogP contribution >= 0.6 is 11.3 Å². The van der Waals surface area contributed by atoms with Gasteiger partial charge in [-0.2, -0.15) is 13.8 Å². The summed E-state index contributed by atoms with van der Waals surface area (Å²) in [6.45, 7) is 6.81. The minimum atomic E-state index is -1.04. The summed E-state index contributed by atoms with van der Waals surface area (Å²) in [5, 5.41) is 3.22. The molecule has 0 bridgehead atoms. The second kappa shape index (κ2) is 8.82. The second-order valence-corrected chi connectivity index (χ2v) is 10.2. The number of anilines is 2. The number of rotatable bonds is 5. The monoisotopic (exact) mass is 464 g/mol. The van der Waals surface area contributed by atoms with E-state index in [1.165, 1.54) is 4.90 Å². The molecule has 3 heterocycles. The van der Waals surface area contributed by atoms with E-state index in [0.29, 0.717) is 30.9 Å². The molecule has 4 rings (SSSR count). The highest BCUT2D eigenvalue weighted by atomic mass is 32.1. The molecule has 32 heavy (non-hydrogen) atoms. The fourth-order valence-electron chi connectivity index (χ4n) is 4.09. The van der Waals surface area contributed by atoms with Crippen LogP contribution in [0.15, 0.2) is 12.1 Å². The van der Waals surface area contributed by atoms with Crippen molar-refractivity contribution in [3.63, 3.8) is 0 Å². The van der Waals surface area contributed by atoms with Crippen molar-refractivity contribution >= 4 is 34.0 Å². The SMILES string of the molecule is Cc1sc(N(C(=O)C2CCOCC2)c2cc(F)nc(F)c2)nc1C(=O)NC1CCC1(C)C. The maximum atomic E-state index is 13.9. The third kappa shape index (κ3) is 4.52. The summed E-state index contributed by atoms with van der Waals surface area (Å²) in [5.41, 5.74) is 0.235. The van der Waals surface area contributed by atoms with Crippen LogP contribution in [0.1, 0.15) is 54.9 Å². The first-order valence-electron chi connectivity index (χ1n) is 10.7. The van der Waals surface area contributed by atoms with Gasteiger partial charge in [-0.15, -0.1) is 11.3 Å². The Morgan fingerprint density at radius 2 is 1.81 bits per heavy atom. The molecule has 1 atom stereocenters. The van der Waals surface area contributed by atoms with Crippen LogP contribution < -0.4 is 10.2 Å². The quantitative estimate of drug-likeness (QED) is 0.673. The molecule has 1 aliphatic heterocycles. The molecule has 2 amide bonds. The van der Waals surface area contributed by atoms with Gasteiger partial charge in [0.1, 0.15) is 5.69 Å². The van der Waals surface area contributed by atoms with Crippen LogP contribution in [-0.2, 0) is 9.53 Å². The first-order chi connectivity index (χ1) is 15.2. The fourth-order valence-corrected chi connectivity index (χ4v) is 5.02. The number of ether oxygens (including phenoxy) is 1. The van der Waals surface area contributed by atoms with Crippen LogP contribution in [-0.4, -0.2) is 41.0 Å². The average molecular weight is 465 g/mol. The zero-order valence-corrected chi connectivity index (χ0v) is 19.1. The Morgan fingerprint density at radius 3 is 2.38 bits per heavy atom. The van der Waals surface area contributed by atoms with Gasteiger partial charge < -0.3 is 10.1 Å². The minimum absolute atomic E-state index is 0.00711. The second-order valence-electron chi connectivity index (χ2n) is 8.99. The van der Waals surface area contributed by atoms with Gasteiger partial charge in [0.2, 0.25) is 17.8 Å². The molecule has 172 valence electrons. The lowest BCUT2D eigenvalue weighted by Gasteiger charge is -2.44. The molecule has 1 N–H and O–H groups in total. The van der Waals surface area contributed by atoms with Crippen molar-refractivity contribution in [2.45, 2.75) is 52.5 Å². The number of carbonyl (C=O) groups excluding carboxylic acids is 2. The van der Waals surface area contributed by atoms with E-state index in [4.69, 9.17) is 4.74 Å². The number of thiazole rings is 1. The predicted octanol–water partition coefficient (Wildman–Crippen LogP) is 4.13. The maximum absolute atomic E-state index is 13.9. The molecule has 2 aromatic heterocycles. The van der Waals surface area contributed by atoms with Crippen molar-refractivity contribution in [3.8, 4) is 0 Å². The number of halogens is 2. The van der Waals surface area contributed by atoms with Gasteiger partial charge in [0, 0.05) is 42.2 Å². The summed E-state index contributed by atoms with van der Waals surface area (Å²) in [7, 11) is 0. The fraction of sp³-hybridized carbons (Fsp3) is 0.545. The number of aryl methyl sites for hydroxylation is 1. The first kappa shape index (κ1) is 22.7. The number of hydrogen-bond donors (Lipinski definition) is 1. The summed E-state index contributed by atoms with van der Waals surface area (Å²) in [6, 6.07) is 2.05. The zero-order chi connectivity index (χ0) is 23.0.